The summed E-state index contributed by atoms with van der Waals surface area (Å²) in [5, 5.41) is 40.6. The van der Waals surface area contributed by atoms with Gasteiger partial charge in [-0.05, 0) is 17.5 Å². The van der Waals surface area contributed by atoms with E-state index < -0.39 is 66.9 Å². The van der Waals surface area contributed by atoms with Crippen LogP contribution in [0.3, 0.4) is 0 Å². The highest BCUT2D eigenvalue weighted by atomic mass is 16.7. The number of ketones is 1. The summed E-state index contributed by atoms with van der Waals surface area (Å²) in [6.45, 7) is -0.196. The van der Waals surface area contributed by atoms with Crippen molar-refractivity contribution >= 4 is 17.7 Å². The van der Waals surface area contributed by atoms with E-state index in [2.05, 4.69) is 0 Å². The topological polar surface area (TPSA) is 169 Å². The average molecular weight is 533 g/mol. The van der Waals surface area contributed by atoms with Crippen LogP contribution in [-0.4, -0.2) is 82.1 Å². The van der Waals surface area contributed by atoms with Crippen LogP contribution in [0.5, 0.6) is 0 Å². The quantitative estimate of drug-likeness (QED) is 0.218. The van der Waals surface area contributed by atoms with E-state index in [-0.39, 0.29) is 19.6 Å². The second-order valence-corrected chi connectivity index (χ2v) is 8.87. The van der Waals surface area contributed by atoms with Crippen molar-refractivity contribution in [3.63, 3.8) is 0 Å². The van der Waals surface area contributed by atoms with Crippen molar-refractivity contribution in [1.82, 2.24) is 0 Å². The Kier molecular flexibility index (Phi) is 10.9. The van der Waals surface area contributed by atoms with Crippen molar-refractivity contribution in [2.45, 2.75) is 62.9 Å². The molecule has 0 bridgehead atoms. The smallest absolute Gasteiger partial charge is 0.320 e. The molecule has 0 saturated carbocycles. The Balaban J connectivity index is 1.65. The molecule has 0 aromatic heterocycles. The average Bonchev–Trinajstić information content (AvgIpc) is 2.94. The molecule has 1 saturated heterocycles. The second-order valence-electron chi connectivity index (χ2n) is 8.87. The van der Waals surface area contributed by atoms with E-state index in [9.17, 15) is 34.8 Å². The Labute approximate surface area is 219 Å². The van der Waals surface area contributed by atoms with Crippen LogP contribution in [0.25, 0.3) is 0 Å². The lowest BCUT2D eigenvalue weighted by atomic mass is 9.91. The van der Waals surface area contributed by atoms with E-state index in [1.54, 1.807) is 60.7 Å². The monoisotopic (exact) mass is 532 g/mol. The Morgan fingerprint density at radius 2 is 1.32 bits per heavy atom. The molecule has 1 fully saturated rings. The predicted octanol–water partition coefficient (Wildman–Crippen LogP) is 0.254. The first-order valence-corrected chi connectivity index (χ1v) is 12.1. The SMILES string of the molecule is CO[C@H]1O[C@H](C(O)C(=O)CCC(C(=O)OCc2ccccc2)C(=O)OCc2ccccc2)[C@@H](O)[C@H](O)[C@H]1O. The number of hydrogen-bond donors (Lipinski definition) is 4. The number of carbonyl (C=O) groups excluding carboxylic acids is 3. The molecule has 0 amide bonds. The number of aliphatic hydroxyl groups excluding tert-OH is 4. The van der Waals surface area contributed by atoms with Crippen molar-refractivity contribution in [3.05, 3.63) is 71.8 Å². The summed E-state index contributed by atoms with van der Waals surface area (Å²) in [5.74, 6) is -4.14. The van der Waals surface area contributed by atoms with Gasteiger partial charge in [-0.3, -0.25) is 14.4 Å². The number of benzene rings is 2. The Morgan fingerprint density at radius 1 is 0.816 bits per heavy atom. The minimum Gasteiger partial charge on any atom is -0.460 e. The van der Waals surface area contributed by atoms with E-state index in [1.807, 2.05) is 0 Å². The summed E-state index contributed by atoms with van der Waals surface area (Å²) in [6.07, 6.45) is -10.9. The molecule has 11 nitrogen and oxygen atoms in total. The Hall–Kier alpha value is -3.19. The molecule has 2 aromatic rings. The largest absolute Gasteiger partial charge is 0.460 e. The van der Waals surface area contributed by atoms with Crippen LogP contribution in [0.2, 0.25) is 0 Å². The molecule has 206 valence electrons. The van der Waals surface area contributed by atoms with Gasteiger partial charge in [0, 0.05) is 13.5 Å². The summed E-state index contributed by atoms with van der Waals surface area (Å²) >= 11 is 0. The van der Waals surface area contributed by atoms with Crippen LogP contribution in [0, 0.1) is 5.92 Å². The maximum absolute atomic E-state index is 12.8. The predicted molar refractivity (Wildman–Crippen MR) is 130 cm³/mol. The standard InChI is InChI=1S/C27H32O11/c1-35-27-23(32)21(30)22(31)24(38-27)20(29)19(28)13-12-18(25(33)36-14-16-8-4-2-5-9-16)26(34)37-15-17-10-6-3-7-11-17/h2-11,18,20-24,27,29-32H,12-15H2,1H3/t20?,21-,22-,23+,24+,27-/m0/s1. The van der Waals surface area contributed by atoms with Gasteiger partial charge >= 0.3 is 11.9 Å². The van der Waals surface area contributed by atoms with Crippen molar-refractivity contribution in [2.24, 2.45) is 5.92 Å². The summed E-state index contributed by atoms with van der Waals surface area (Å²) in [5.41, 5.74) is 1.39. The molecule has 1 aliphatic rings. The zero-order valence-corrected chi connectivity index (χ0v) is 20.8. The van der Waals surface area contributed by atoms with Crippen LogP contribution < -0.4 is 0 Å². The molecule has 1 unspecified atom stereocenters. The molecule has 0 aliphatic carbocycles. The van der Waals surface area contributed by atoms with E-state index in [1.165, 1.54) is 7.11 Å². The van der Waals surface area contributed by atoms with Gasteiger partial charge in [0.1, 0.15) is 43.7 Å². The normalized spacial score (nSPS) is 24.0. The minimum atomic E-state index is -1.94. The molecule has 11 heteroatoms. The number of methoxy groups -OCH3 is 1. The molecule has 0 spiro atoms. The molecule has 2 aromatic carbocycles. The van der Waals surface area contributed by atoms with Crippen LogP contribution in [0.4, 0.5) is 0 Å². The number of aliphatic hydroxyl groups is 4. The van der Waals surface area contributed by atoms with Gasteiger partial charge in [0.15, 0.2) is 18.0 Å². The van der Waals surface area contributed by atoms with Crippen molar-refractivity contribution in [1.29, 1.82) is 0 Å². The fourth-order valence-electron chi connectivity index (χ4n) is 3.94. The van der Waals surface area contributed by atoms with E-state index in [4.69, 9.17) is 18.9 Å². The lowest BCUT2D eigenvalue weighted by Gasteiger charge is -2.41. The summed E-state index contributed by atoms with van der Waals surface area (Å²) in [6, 6.07) is 17.6. The molecule has 3 rings (SSSR count). The molecular weight excluding hydrogens is 500 g/mol. The van der Waals surface area contributed by atoms with Crippen molar-refractivity contribution in [3.8, 4) is 0 Å². The van der Waals surface area contributed by atoms with Crippen molar-refractivity contribution in [2.75, 3.05) is 7.11 Å². The number of esters is 2. The molecular formula is C27H32O11. The third-order valence-corrected chi connectivity index (χ3v) is 6.18. The van der Waals surface area contributed by atoms with Gasteiger partial charge in [-0.25, -0.2) is 0 Å². The van der Waals surface area contributed by atoms with E-state index >= 15 is 0 Å². The highest BCUT2D eigenvalue weighted by Crippen LogP contribution is 2.25. The number of Topliss-reactive ketones (excluding diaryl/α,β-unsaturated/α-hetero) is 1. The Bertz CT molecular complexity index is 988. The first-order valence-electron chi connectivity index (χ1n) is 12.1. The molecule has 4 N–H and O–H groups in total. The fourth-order valence-corrected chi connectivity index (χ4v) is 3.94. The third kappa shape index (κ3) is 7.67. The summed E-state index contributed by atoms with van der Waals surface area (Å²) in [4.78, 5) is 38.4. The number of ether oxygens (including phenoxy) is 4. The van der Waals surface area contributed by atoms with Gasteiger partial charge in [0.25, 0.3) is 0 Å². The van der Waals surface area contributed by atoms with E-state index in [0.29, 0.717) is 11.1 Å². The van der Waals surface area contributed by atoms with Gasteiger partial charge in [0.05, 0.1) is 0 Å². The van der Waals surface area contributed by atoms with Crippen molar-refractivity contribution < 1.29 is 53.8 Å². The highest BCUT2D eigenvalue weighted by molar-refractivity contribution is 5.95. The number of carbonyl (C=O) groups is 3. The maximum Gasteiger partial charge on any atom is 0.320 e. The van der Waals surface area contributed by atoms with Gasteiger partial charge in [-0.2, -0.15) is 0 Å². The molecule has 6 atom stereocenters. The number of hydrogen-bond acceptors (Lipinski definition) is 11. The minimum absolute atomic E-state index is 0.0978. The molecule has 1 aliphatic heterocycles. The lowest BCUT2D eigenvalue weighted by molar-refractivity contribution is -0.301. The van der Waals surface area contributed by atoms with Crippen LogP contribution in [-0.2, 0) is 46.5 Å². The first kappa shape index (κ1) is 29.4. The third-order valence-electron chi connectivity index (χ3n) is 6.18. The molecule has 38 heavy (non-hydrogen) atoms. The van der Waals surface area contributed by atoms with Crippen LogP contribution in [0.15, 0.2) is 60.7 Å². The zero-order valence-electron chi connectivity index (χ0n) is 20.8. The van der Waals surface area contributed by atoms with Gasteiger partial charge in [-0.15, -0.1) is 0 Å². The fraction of sp³-hybridized carbons (Fsp3) is 0.444. The molecule has 1 heterocycles. The van der Waals surface area contributed by atoms with Crippen LogP contribution >= 0.6 is 0 Å². The summed E-state index contributed by atoms with van der Waals surface area (Å²) < 4.78 is 20.7. The van der Waals surface area contributed by atoms with Gasteiger partial charge < -0.3 is 39.4 Å². The summed E-state index contributed by atoms with van der Waals surface area (Å²) in [7, 11) is 1.18. The van der Waals surface area contributed by atoms with Crippen LogP contribution in [0.1, 0.15) is 24.0 Å². The molecule has 0 radical (unpaired) electrons. The maximum atomic E-state index is 12.8. The second kappa shape index (κ2) is 14.1. The van der Waals surface area contributed by atoms with Gasteiger partial charge in [0.2, 0.25) is 0 Å². The van der Waals surface area contributed by atoms with E-state index in [0.717, 1.165) is 0 Å². The first-order chi connectivity index (χ1) is 18.2. The number of rotatable bonds is 12. The Morgan fingerprint density at radius 3 is 1.79 bits per heavy atom. The highest BCUT2D eigenvalue weighted by Gasteiger charge is 2.48. The zero-order chi connectivity index (χ0) is 27.7. The van der Waals surface area contributed by atoms with Gasteiger partial charge in [-0.1, -0.05) is 60.7 Å². The lowest BCUT2D eigenvalue weighted by Crippen LogP contribution is -2.62.